The van der Waals surface area contributed by atoms with E-state index in [-0.39, 0.29) is 18.3 Å². The van der Waals surface area contributed by atoms with Crippen LogP contribution < -0.4 is 4.74 Å². The molecule has 1 aromatic carbocycles. The predicted molar refractivity (Wildman–Crippen MR) is 74.7 cm³/mol. The number of carbonyl (C=O) groups excluding carboxylic acids is 1. The van der Waals surface area contributed by atoms with E-state index in [1.807, 2.05) is 13.0 Å². The first-order chi connectivity index (χ1) is 9.08. The van der Waals surface area contributed by atoms with Crippen molar-refractivity contribution >= 4 is 5.78 Å². The third-order valence-electron chi connectivity index (χ3n) is 3.55. The van der Waals surface area contributed by atoms with E-state index in [9.17, 15) is 4.79 Å². The quantitative estimate of drug-likeness (QED) is 0.818. The van der Waals surface area contributed by atoms with Crippen molar-refractivity contribution in [2.75, 3.05) is 19.8 Å². The Labute approximate surface area is 114 Å². The van der Waals surface area contributed by atoms with Crippen LogP contribution >= 0.6 is 0 Å². The standard InChI is InChI=1S/C16H22O3/c1-11(2)14-5-4-12(3)8-16(14)19-10-15(17)13-6-7-18-9-13/h4-5,8,11,13H,6-7,9-10H2,1-3H3. The van der Waals surface area contributed by atoms with E-state index < -0.39 is 0 Å². The number of hydrogen-bond donors (Lipinski definition) is 0. The lowest BCUT2D eigenvalue weighted by atomic mass is 10.0. The van der Waals surface area contributed by atoms with E-state index in [1.54, 1.807) is 0 Å². The fourth-order valence-corrected chi connectivity index (χ4v) is 2.30. The van der Waals surface area contributed by atoms with Gasteiger partial charge in [0.15, 0.2) is 5.78 Å². The maximum Gasteiger partial charge on any atom is 0.175 e. The summed E-state index contributed by atoms with van der Waals surface area (Å²) >= 11 is 0. The third kappa shape index (κ3) is 3.57. The normalized spacial score (nSPS) is 18.8. The van der Waals surface area contributed by atoms with Crippen LogP contribution in [0.3, 0.4) is 0 Å². The van der Waals surface area contributed by atoms with Crippen LogP contribution in [0.1, 0.15) is 37.3 Å². The van der Waals surface area contributed by atoms with Gasteiger partial charge in [-0.25, -0.2) is 0 Å². The smallest absolute Gasteiger partial charge is 0.175 e. The molecule has 3 heteroatoms. The Kier molecular flexibility index (Phi) is 4.59. The van der Waals surface area contributed by atoms with Crippen LogP contribution in [0.25, 0.3) is 0 Å². The Morgan fingerprint density at radius 3 is 2.89 bits per heavy atom. The zero-order valence-corrected chi connectivity index (χ0v) is 11.9. The lowest BCUT2D eigenvalue weighted by Crippen LogP contribution is -2.22. The molecule has 19 heavy (non-hydrogen) atoms. The van der Waals surface area contributed by atoms with E-state index in [4.69, 9.17) is 9.47 Å². The van der Waals surface area contributed by atoms with Crippen LogP contribution in [0.4, 0.5) is 0 Å². The minimum absolute atomic E-state index is 0.0207. The van der Waals surface area contributed by atoms with Gasteiger partial charge in [-0.05, 0) is 36.5 Å². The van der Waals surface area contributed by atoms with Gasteiger partial charge in [0.05, 0.1) is 6.61 Å². The van der Waals surface area contributed by atoms with Crippen LogP contribution in [0.2, 0.25) is 0 Å². The van der Waals surface area contributed by atoms with Gasteiger partial charge in [-0.1, -0.05) is 26.0 Å². The molecule has 0 N–H and O–H groups in total. The van der Waals surface area contributed by atoms with Crippen LogP contribution in [-0.2, 0) is 9.53 Å². The van der Waals surface area contributed by atoms with Gasteiger partial charge < -0.3 is 9.47 Å². The summed E-state index contributed by atoms with van der Waals surface area (Å²) in [6.07, 6.45) is 0.826. The van der Waals surface area contributed by atoms with Gasteiger partial charge in [0.1, 0.15) is 12.4 Å². The van der Waals surface area contributed by atoms with Gasteiger partial charge in [0.25, 0.3) is 0 Å². The number of rotatable bonds is 5. The van der Waals surface area contributed by atoms with Crippen LogP contribution in [0.5, 0.6) is 5.75 Å². The molecule has 1 heterocycles. The molecule has 1 aromatic rings. The molecule has 2 rings (SSSR count). The maximum atomic E-state index is 12.0. The van der Waals surface area contributed by atoms with Crippen molar-refractivity contribution in [3.05, 3.63) is 29.3 Å². The summed E-state index contributed by atoms with van der Waals surface area (Å²) in [5.41, 5.74) is 2.30. The van der Waals surface area contributed by atoms with E-state index in [2.05, 4.69) is 26.0 Å². The average molecular weight is 262 g/mol. The number of benzene rings is 1. The molecule has 0 aliphatic carbocycles. The lowest BCUT2D eigenvalue weighted by Gasteiger charge is -2.15. The van der Waals surface area contributed by atoms with Gasteiger partial charge in [0.2, 0.25) is 0 Å². The molecule has 1 atom stereocenters. The highest BCUT2D eigenvalue weighted by atomic mass is 16.5. The molecule has 1 aliphatic heterocycles. The fourth-order valence-electron chi connectivity index (χ4n) is 2.30. The second-order valence-corrected chi connectivity index (χ2v) is 5.51. The molecular weight excluding hydrogens is 240 g/mol. The second-order valence-electron chi connectivity index (χ2n) is 5.51. The van der Waals surface area contributed by atoms with Crippen molar-refractivity contribution in [3.63, 3.8) is 0 Å². The van der Waals surface area contributed by atoms with E-state index in [0.717, 1.165) is 23.3 Å². The van der Waals surface area contributed by atoms with Crippen LogP contribution in [0.15, 0.2) is 18.2 Å². The first-order valence-electron chi connectivity index (χ1n) is 6.91. The minimum atomic E-state index is 0.0207. The van der Waals surface area contributed by atoms with Crippen molar-refractivity contribution in [2.45, 2.75) is 33.1 Å². The zero-order valence-electron chi connectivity index (χ0n) is 11.9. The van der Waals surface area contributed by atoms with Crippen molar-refractivity contribution in [2.24, 2.45) is 5.92 Å². The third-order valence-corrected chi connectivity index (χ3v) is 3.55. The molecule has 0 aromatic heterocycles. The van der Waals surface area contributed by atoms with Gasteiger partial charge >= 0.3 is 0 Å². The van der Waals surface area contributed by atoms with Gasteiger partial charge in [-0.2, -0.15) is 0 Å². The topological polar surface area (TPSA) is 35.5 Å². The minimum Gasteiger partial charge on any atom is -0.486 e. The molecule has 0 spiro atoms. The molecular formula is C16H22O3. The molecule has 1 fully saturated rings. The van der Waals surface area contributed by atoms with Gasteiger partial charge in [-0.15, -0.1) is 0 Å². The summed E-state index contributed by atoms with van der Waals surface area (Å²) in [5.74, 6) is 1.39. The predicted octanol–water partition coefficient (Wildman–Crippen LogP) is 3.10. The van der Waals surface area contributed by atoms with Crippen molar-refractivity contribution < 1.29 is 14.3 Å². The first-order valence-corrected chi connectivity index (χ1v) is 6.91. The number of Topliss-reactive ketones (excluding diaryl/α,β-unsaturated/α-hetero) is 1. The maximum absolute atomic E-state index is 12.0. The summed E-state index contributed by atoms with van der Waals surface area (Å²) in [6, 6.07) is 6.17. The Morgan fingerprint density at radius 1 is 1.47 bits per heavy atom. The molecule has 1 aliphatic rings. The Hall–Kier alpha value is -1.35. The van der Waals surface area contributed by atoms with Crippen molar-refractivity contribution in [1.82, 2.24) is 0 Å². The molecule has 0 radical (unpaired) electrons. The first kappa shape index (κ1) is 14.1. The SMILES string of the molecule is Cc1ccc(C(C)C)c(OCC(=O)C2CCOC2)c1. The van der Waals surface area contributed by atoms with Crippen LogP contribution in [-0.4, -0.2) is 25.6 Å². The molecule has 0 saturated carbocycles. The Morgan fingerprint density at radius 2 is 2.26 bits per heavy atom. The molecule has 3 nitrogen and oxygen atoms in total. The highest BCUT2D eigenvalue weighted by molar-refractivity contribution is 5.82. The second kappa shape index (κ2) is 6.20. The Bertz CT molecular complexity index is 445. The highest BCUT2D eigenvalue weighted by Crippen LogP contribution is 2.27. The van der Waals surface area contributed by atoms with Crippen molar-refractivity contribution in [1.29, 1.82) is 0 Å². The molecule has 0 amide bonds. The highest BCUT2D eigenvalue weighted by Gasteiger charge is 2.24. The summed E-state index contributed by atoms with van der Waals surface area (Å²) < 4.78 is 11.0. The van der Waals surface area contributed by atoms with E-state index in [0.29, 0.717) is 19.1 Å². The zero-order chi connectivity index (χ0) is 13.8. The average Bonchev–Trinajstić information content (AvgIpc) is 2.89. The van der Waals surface area contributed by atoms with Crippen LogP contribution in [0, 0.1) is 12.8 Å². The fraction of sp³-hybridized carbons (Fsp3) is 0.562. The lowest BCUT2D eigenvalue weighted by molar-refractivity contribution is -0.124. The molecule has 0 bridgehead atoms. The number of ketones is 1. The number of carbonyl (C=O) groups is 1. The number of ether oxygens (including phenoxy) is 2. The monoisotopic (exact) mass is 262 g/mol. The molecule has 1 saturated heterocycles. The summed E-state index contributed by atoms with van der Waals surface area (Å²) in [4.78, 5) is 12.0. The van der Waals surface area contributed by atoms with Gasteiger partial charge in [0, 0.05) is 12.5 Å². The van der Waals surface area contributed by atoms with Gasteiger partial charge in [-0.3, -0.25) is 4.79 Å². The molecule has 104 valence electrons. The van der Waals surface area contributed by atoms with E-state index in [1.165, 1.54) is 0 Å². The number of hydrogen-bond acceptors (Lipinski definition) is 3. The molecule has 1 unspecified atom stereocenters. The van der Waals surface area contributed by atoms with Crippen molar-refractivity contribution in [3.8, 4) is 5.75 Å². The summed E-state index contributed by atoms with van der Waals surface area (Å²) in [6.45, 7) is 7.68. The number of aryl methyl sites for hydroxylation is 1. The summed E-state index contributed by atoms with van der Waals surface area (Å²) in [5, 5.41) is 0. The summed E-state index contributed by atoms with van der Waals surface area (Å²) in [7, 11) is 0. The Balaban J connectivity index is 2.01. The van der Waals surface area contributed by atoms with E-state index >= 15 is 0 Å². The largest absolute Gasteiger partial charge is 0.486 e.